The van der Waals surface area contributed by atoms with Crippen molar-refractivity contribution in [3.05, 3.63) is 59.2 Å². The van der Waals surface area contributed by atoms with Crippen LogP contribution in [0.1, 0.15) is 36.6 Å². The molecule has 1 unspecified atom stereocenters. The Morgan fingerprint density at radius 2 is 1.85 bits per heavy atom. The quantitative estimate of drug-likeness (QED) is 0.838. The Morgan fingerprint density at radius 1 is 1.10 bits per heavy atom. The van der Waals surface area contributed by atoms with E-state index in [2.05, 4.69) is 30.3 Å². The van der Waals surface area contributed by atoms with Gasteiger partial charge in [0.25, 0.3) is 0 Å². The number of fused-ring (bicyclic) bond motifs is 3. The number of hydrogen-bond donors (Lipinski definition) is 0. The van der Waals surface area contributed by atoms with Crippen LogP contribution in [-0.4, -0.2) is 12.4 Å². The van der Waals surface area contributed by atoms with Crippen LogP contribution in [0.5, 0.6) is 0 Å². The first kappa shape index (κ1) is 13.1. The summed E-state index contributed by atoms with van der Waals surface area (Å²) in [6, 6.07) is 14.7. The molecule has 0 amide bonds. The SMILES string of the molecule is CCOC1c2ccccc2-c2ccc(CC(C)=O)cc21. The highest BCUT2D eigenvalue weighted by Crippen LogP contribution is 2.45. The van der Waals surface area contributed by atoms with Crippen molar-refractivity contribution in [2.45, 2.75) is 26.4 Å². The van der Waals surface area contributed by atoms with Crippen molar-refractivity contribution in [2.24, 2.45) is 0 Å². The molecule has 0 spiro atoms. The van der Waals surface area contributed by atoms with Crippen LogP contribution >= 0.6 is 0 Å². The highest BCUT2D eigenvalue weighted by Gasteiger charge is 2.28. The summed E-state index contributed by atoms with van der Waals surface area (Å²) < 4.78 is 5.93. The number of ketones is 1. The summed E-state index contributed by atoms with van der Waals surface area (Å²) >= 11 is 0. The Bertz CT molecular complexity index is 658. The number of carbonyl (C=O) groups is 1. The summed E-state index contributed by atoms with van der Waals surface area (Å²) in [4.78, 5) is 11.3. The third-order valence-electron chi connectivity index (χ3n) is 3.72. The van der Waals surface area contributed by atoms with Crippen LogP contribution in [0.2, 0.25) is 0 Å². The molecule has 0 saturated heterocycles. The second-order valence-corrected chi connectivity index (χ2v) is 5.22. The van der Waals surface area contributed by atoms with E-state index in [9.17, 15) is 4.79 Å². The maximum absolute atomic E-state index is 11.3. The summed E-state index contributed by atoms with van der Waals surface area (Å²) in [6.07, 6.45) is 0.487. The van der Waals surface area contributed by atoms with Crippen molar-refractivity contribution in [2.75, 3.05) is 6.61 Å². The lowest BCUT2D eigenvalue weighted by Gasteiger charge is -2.14. The minimum Gasteiger partial charge on any atom is -0.369 e. The van der Waals surface area contributed by atoms with Gasteiger partial charge < -0.3 is 4.74 Å². The van der Waals surface area contributed by atoms with E-state index in [1.54, 1.807) is 6.92 Å². The molecule has 0 radical (unpaired) electrons. The lowest BCUT2D eigenvalue weighted by molar-refractivity contribution is -0.116. The van der Waals surface area contributed by atoms with E-state index in [-0.39, 0.29) is 11.9 Å². The summed E-state index contributed by atoms with van der Waals surface area (Å²) in [6.45, 7) is 4.32. The van der Waals surface area contributed by atoms with Crippen LogP contribution in [0.15, 0.2) is 42.5 Å². The van der Waals surface area contributed by atoms with Crippen molar-refractivity contribution in [3.8, 4) is 11.1 Å². The first-order valence-electron chi connectivity index (χ1n) is 7.04. The second-order valence-electron chi connectivity index (χ2n) is 5.22. The summed E-state index contributed by atoms with van der Waals surface area (Å²) in [5.41, 5.74) is 5.95. The Balaban J connectivity index is 2.09. The maximum atomic E-state index is 11.3. The van der Waals surface area contributed by atoms with Gasteiger partial charge in [0.2, 0.25) is 0 Å². The van der Waals surface area contributed by atoms with Crippen LogP contribution < -0.4 is 0 Å². The number of ether oxygens (including phenoxy) is 1. The van der Waals surface area contributed by atoms with Crippen molar-refractivity contribution in [1.82, 2.24) is 0 Å². The standard InChI is InChI=1S/C18H18O2/c1-3-20-18-16-7-5-4-6-14(16)15-9-8-13(10-12(2)19)11-17(15)18/h4-9,11,18H,3,10H2,1-2H3. The lowest BCUT2D eigenvalue weighted by atomic mass is 10.0. The average molecular weight is 266 g/mol. The van der Waals surface area contributed by atoms with E-state index in [1.807, 2.05) is 19.1 Å². The van der Waals surface area contributed by atoms with E-state index >= 15 is 0 Å². The molecular weight excluding hydrogens is 248 g/mol. The van der Waals surface area contributed by atoms with E-state index in [1.165, 1.54) is 22.3 Å². The smallest absolute Gasteiger partial charge is 0.134 e. The zero-order valence-electron chi connectivity index (χ0n) is 11.8. The molecule has 20 heavy (non-hydrogen) atoms. The van der Waals surface area contributed by atoms with Crippen LogP contribution in [0.25, 0.3) is 11.1 Å². The van der Waals surface area contributed by atoms with Crippen molar-refractivity contribution in [1.29, 1.82) is 0 Å². The van der Waals surface area contributed by atoms with Gasteiger partial charge in [-0.15, -0.1) is 0 Å². The highest BCUT2D eigenvalue weighted by molar-refractivity contribution is 5.81. The fourth-order valence-electron chi connectivity index (χ4n) is 2.96. The topological polar surface area (TPSA) is 26.3 Å². The van der Waals surface area contributed by atoms with Gasteiger partial charge in [-0.3, -0.25) is 4.79 Å². The monoisotopic (exact) mass is 266 g/mol. The second kappa shape index (κ2) is 5.22. The molecule has 3 rings (SSSR count). The molecule has 0 aliphatic heterocycles. The largest absolute Gasteiger partial charge is 0.369 e. The van der Waals surface area contributed by atoms with E-state index in [0.717, 1.165) is 5.56 Å². The van der Waals surface area contributed by atoms with Crippen molar-refractivity contribution in [3.63, 3.8) is 0 Å². The van der Waals surface area contributed by atoms with Crippen molar-refractivity contribution >= 4 is 5.78 Å². The van der Waals surface area contributed by atoms with Crippen LogP contribution in [0.4, 0.5) is 0 Å². The first-order chi connectivity index (χ1) is 9.70. The zero-order chi connectivity index (χ0) is 14.1. The minimum atomic E-state index is -0.00175. The predicted molar refractivity (Wildman–Crippen MR) is 79.7 cm³/mol. The Hall–Kier alpha value is -1.93. The molecule has 2 aromatic rings. The summed E-state index contributed by atoms with van der Waals surface area (Å²) in [5, 5.41) is 0. The molecule has 0 aromatic heterocycles. The molecule has 1 aliphatic rings. The number of rotatable bonds is 4. The maximum Gasteiger partial charge on any atom is 0.134 e. The van der Waals surface area contributed by atoms with Gasteiger partial charge in [0.1, 0.15) is 11.9 Å². The van der Waals surface area contributed by atoms with Gasteiger partial charge in [-0.2, -0.15) is 0 Å². The molecule has 1 aliphatic carbocycles. The first-order valence-corrected chi connectivity index (χ1v) is 7.04. The fraction of sp³-hybridized carbons (Fsp3) is 0.278. The molecule has 0 saturated carbocycles. The van der Waals surface area contributed by atoms with E-state index in [4.69, 9.17) is 4.74 Å². The van der Waals surface area contributed by atoms with Gasteiger partial charge in [0.05, 0.1) is 0 Å². The number of hydrogen-bond acceptors (Lipinski definition) is 2. The molecule has 102 valence electrons. The van der Waals surface area contributed by atoms with Crippen LogP contribution in [0, 0.1) is 0 Å². The Labute approximate surface area is 119 Å². The molecule has 2 nitrogen and oxygen atoms in total. The lowest BCUT2D eigenvalue weighted by Crippen LogP contribution is -2.03. The Kier molecular flexibility index (Phi) is 3.41. The van der Waals surface area contributed by atoms with Gasteiger partial charge in [-0.25, -0.2) is 0 Å². The molecule has 0 heterocycles. The molecule has 0 fully saturated rings. The minimum absolute atomic E-state index is 0.00175. The van der Waals surface area contributed by atoms with E-state index in [0.29, 0.717) is 13.0 Å². The summed E-state index contributed by atoms with van der Waals surface area (Å²) in [7, 11) is 0. The van der Waals surface area contributed by atoms with Crippen LogP contribution in [0.3, 0.4) is 0 Å². The predicted octanol–water partition coefficient (Wildman–Crippen LogP) is 3.92. The number of benzene rings is 2. The fourth-order valence-corrected chi connectivity index (χ4v) is 2.96. The highest BCUT2D eigenvalue weighted by atomic mass is 16.5. The van der Waals surface area contributed by atoms with Crippen LogP contribution in [-0.2, 0) is 16.0 Å². The van der Waals surface area contributed by atoms with E-state index < -0.39 is 0 Å². The van der Waals surface area contributed by atoms with Gasteiger partial charge >= 0.3 is 0 Å². The zero-order valence-corrected chi connectivity index (χ0v) is 11.8. The van der Waals surface area contributed by atoms with Gasteiger partial charge in [-0.05, 0) is 41.7 Å². The normalized spacial score (nSPS) is 15.8. The van der Waals surface area contributed by atoms with Crippen molar-refractivity contribution < 1.29 is 9.53 Å². The number of carbonyl (C=O) groups excluding carboxylic acids is 1. The summed E-state index contributed by atoms with van der Waals surface area (Å²) in [5.74, 6) is 0.188. The third-order valence-corrected chi connectivity index (χ3v) is 3.72. The molecular formula is C18H18O2. The molecule has 2 aromatic carbocycles. The number of Topliss-reactive ketones (excluding diaryl/α,β-unsaturated/α-hetero) is 1. The average Bonchev–Trinajstić information content (AvgIpc) is 2.73. The molecule has 0 bridgehead atoms. The molecule has 1 atom stereocenters. The van der Waals surface area contributed by atoms with Gasteiger partial charge in [-0.1, -0.05) is 42.5 Å². The van der Waals surface area contributed by atoms with Gasteiger partial charge in [0, 0.05) is 13.0 Å². The van der Waals surface area contributed by atoms with Gasteiger partial charge in [0.15, 0.2) is 0 Å². The third kappa shape index (κ3) is 2.16. The molecule has 2 heteroatoms. The Morgan fingerprint density at radius 3 is 2.60 bits per heavy atom. The molecule has 0 N–H and O–H groups in total.